The molecule has 0 aliphatic carbocycles. The van der Waals surface area contributed by atoms with Crippen LogP contribution in [0.4, 0.5) is 10.2 Å². The number of halogens is 2. The van der Waals surface area contributed by atoms with Gasteiger partial charge in [-0.3, -0.25) is 4.68 Å². The molecular weight excluding hydrogens is 341 g/mol. The van der Waals surface area contributed by atoms with E-state index in [1.165, 1.54) is 12.1 Å². The molecule has 0 atom stereocenters. The molecule has 2 aromatic carbocycles. The Labute approximate surface area is 147 Å². The lowest BCUT2D eigenvalue weighted by atomic mass is 10.2. The summed E-state index contributed by atoms with van der Waals surface area (Å²) in [7, 11) is 0. The second kappa shape index (κ2) is 6.14. The van der Waals surface area contributed by atoms with Crippen molar-refractivity contribution in [3.63, 3.8) is 0 Å². The minimum absolute atomic E-state index is 0.318. The number of hydrogen-bond donors (Lipinski definition) is 1. The lowest BCUT2D eigenvalue weighted by molar-refractivity contribution is 0.628. The van der Waals surface area contributed by atoms with Crippen LogP contribution < -0.4 is 5.73 Å². The van der Waals surface area contributed by atoms with E-state index in [9.17, 15) is 4.39 Å². The van der Waals surface area contributed by atoms with Crippen LogP contribution in [0.3, 0.4) is 0 Å². The second-order valence-corrected chi connectivity index (χ2v) is 6.00. The molecule has 0 fully saturated rings. The van der Waals surface area contributed by atoms with E-state index in [1.54, 1.807) is 23.0 Å². The van der Waals surface area contributed by atoms with E-state index in [2.05, 4.69) is 15.1 Å². The average Bonchev–Trinajstić information content (AvgIpc) is 3.01. The molecule has 0 bridgehead atoms. The number of fused-ring (bicyclic) bond motifs is 1. The number of nitrogens with zero attached hydrogens (tertiary/aromatic N) is 4. The standard InChI is InChI=1S/C18H13ClFN5/c19-15-4-2-1-3-12(15)9-25-10-14-16(21)22-17(23-18(14)24-25)11-5-7-13(20)8-6-11/h1-8,10H,9H2,(H2,21,22,23,24). The maximum absolute atomic E-state index is 13.1. The van der Waals surface area contributed by atoms with Crippen LogP contribution in [0.5, 0.6) is 0 Å². The molecule has 0 saturated heterocycles. The van der Waals surface area contributed by atoms with Gasteiger partial charge in [0, 0.05) is 16.8 Å². The van der Waals surface area contributed by atoms with Crippen molar-refractivity contribution in [2.75, 3.05) is 5.73 Å². The minimum Gasteiger partial charge on any atom is -0.383 e. The zero-order valence-corrected chi connectivity index (χ0v) is 13.8. The maximum atomic E-state index is 13.1. The molecule has 0 saturated carbocycles. The molecule has 7 heteroatoms. The summed E-state index contributed by atoms with van der Waals surface area (Å²) >= 11 is 6.20. The Hall–Kier alpha value is -2.99. The van der Waals surface area contributed by atoms with Crippen LogP contribution in [-0.2, 0) is 6.54 Å². The summed E-state index contributed by atoms with van der Waals surface area (Å²) in [5, 5.41) is 5.81. The molecule has 4 aromatic rings. The summed E-state index contributed by atoms with van der Waals surface area (Å²) in [5.41, 5.74) is 8.16. The first-order chi connectivity index (χ1) is 12.1. The molecule has 4 rings (SSSR count). The highest BCUT2D eigenvalue weighted by Gasteiger charge is 2.12. The molecule has 2 aromatic heterocycles. The van der Waals surface area contributed by atoms with Crippen molar-refractivity contribution in [3.05, 3.63) is 71.1 Å². The van der Waals surface area contributed by atoms with E-state index < -0.39 is 0 Å². The topological polar surface area (TPSA) is 69.6 Å². The summed E-state index contributed by atoms with van der Waals surface area (Å²) in [5.74, 6) is 0.421. The van der Waals surface area contributed by atoms with Gasteiger partial charge in [0.25, 0.3) is 0 Å². The normalized spacial score (nSPS) is 11.1. The van der Waals surface area contributed by atoms with Crippen molar-refractivity contribution in [3.8, 4) is 11.4 Å². The van der Waals surface area contributed by atoms with Gasteiger partial charge >= 0.3 is 0 Å². The second-order valence-electron chi connectivity index (χ2n) is 5.59. The summed E-state index contributed by atoms with van der Waals surface area (Å²) in [4.78, 5) is 8.75. The van der Waals surface area contributed by atoms with Crippen molar-refractivity contribution in [1.29, 1.82) is 0 Å². The van der Waals surface area contributed by atoms with E-state index in [1.807, 2.05) is 24.3 Å². The molecule has 124 valence electrons. The average molecular weight is 354 g/mol. The highest BCUT2D eigenvalue weighted by Crippen LogP contribution is 2.23. The monoisotopic (exact) mass is 353 g/mol. The Kier molecular flexibility index (Phi) is 3.82. The highest BCUT2D eigenvalue weighted by molar-refractivity contribution is 6.31. The Bertz CT molecular complexity index is 1060. The fraction of sp³-hybridized carbons (Fsp3) is 0.0556. The molecular formula is C18H13ClFN5. The van der Waals surface area contributed by atoms with Gasteiger partial charge in [-0.2, -0.15) is 5.10 Å². The zero-order chi connectivity index (χ0) is 17.4. The van der Waals surface area contributed by atoms with Crippen molar-refractivity contribution in [1.82, 2.24) is 19.7 Å². The molecule has 5 nitrogen and oxygen atoms in total. The first kappa shape index (κ1) is 15.5. The number of aromatic nitrogens is 4. The smallest absolute Gasteiger partial charge is 0.186 e. The van der Waals surface area contributed by atoms with Crippen LogP contribution in [0.25, 0.3) is 22.4 Å². The number of anilines is 1. The predicted molar refractivity (Wildman–Crippen MR) is 95.7 cm³/mol. The lowest BCUT2D eigenvalue weighted by Gasteiger charge is -2.03. The molecule has 25 heavy (non-hydrogen) atoms. The van der Waals surface area contributed by atoms with Crippen LogP contribution in [0.15, 0.2) is 54.7 Å². The highest BCUT2D eigenvalue weighted by atomic mass is 35.5. The third-order valence-electron chi connectivity index (χ3n) is 3.85. The van der Waals surface area contributed by atoms with E-state index in [4.69, 9.17) is 17.3 Å². The van der Waals surface area contributed by atoms with E-state index in [-0.39, 0.29) is 5.82 Å². The predicted octanol–water partition coefficient (Wildman–Crippen LogP) is 3.92. The molecule has 0 unspecified atom stereocenters. The summed E-state index contributed by atoms with van der Waals surface area (Å²) in [6.07, 6.45) is 1.79. The SMILES string of the molecule is Nc1nc(-c2ccc(F)cc2)nc2nn(Cc3ccccc3Cl)cc12. The van der Waals surface area contributed by atoms with Gasteiger partial charge in [-0.25, -0.2) is 14.4 Å². The van der Waals surface area contributed by atoms with E-state index in [0.717, 1.165) is 5.56 Å². The van der Waals surface area contributed by atoms with Gasteiger partial charge in [-0.05, 0) is 35.9 Å². The number of rotatable bonds is 3. The van der Waals surface area contributed by atoms with Gasteiger partial charge in [-0.15, -0.1) is 0 Å². The van der Waals surface area contributed by atoms with Gasteiger partial charge in [0.2, 0.25) is 0 Å². The third kappa shape index (κ3) is 3.04. The van der Waals surface area contributed by atoms with Crippen LogP contribution in [0.2, 0.25) is 5.02 Å². The van der Waals surface area contributed by atoms with Gasteiger partial charge in [0.15, 0.2) is 11.5 Å². The minimum atomic E-state index is -0.318. The van der Waals surface area contributed by atoms with Gasteiger partial charge in [0.1, 0.15) is 11.6 Å². The summed E-state index contributed by atoms with van der Waals surface area (Å²) in [6.45, 7) is 0.501. The number of benzene rings is 2. The van der Waals surface area contributed by atoms with Crippen molar-refractivity contribution in [2.45, 2.75) is 6.54 Å². The number of hydrogen-bond acceptors (Lipinski definition) is 4. The fourth-order valence-corrected chi connectivity index (χ4v) is 2.78. The first-order valence-electron chi connectivity index (χ1n) is 7.60. The van der Waals surface area contributed by atoms with E-state index >= 15 is 0 Å². The molecule has 2 heterocycles. The molecule has 0 aliphatic rings. The fourth-order valence-electron chi connectivity index (χ4n) is 2.58. The van der Waals surface area contributed by atoms with Gasteiger partial charge in [-0.1, -0.05) is 29.8 Å². The molecule has 0 amide bonds. The quantitative estimate of drug-likeness (QED) is 0.606. The van der Waals surface area contributed by atoms with Crippen molar-refractivity contribution in [2.24, 2.45) is 0 Å². The Morgan fingerprint density at radius 3 is 2.56 bits per heavy atom. The van der Waals surface area contributed by atoms with Gasteiger partial charge < -0.3 is 5.73 Å². The van der Waals surface area contributed by atoms with Crippen LogP contribution in [-0.4, -0.2) is 19.7 Å². The summed E-state index contributed by atoms with van der Waals surface area (Å²) < 4.78 is 14.8. The maximum Gasteiger partial charge on any atom is 0.186 e. The van der Waals surface area contributed by atoms with Gasteiger partial charge in [0.05, 0.1) is 11.9 Å². The molecule has 0 aliphatic heterocycles. The van der Waals surface area contributed by atoms with Crippen LogP contribution >= 0.6 is 11.6 Å². The summed E-state index contributed by atoms with van der Waals surface area (Å²) in [6, 6.07) is 13.5. The number of nitrogens with two attached hydrogens (primary N) is 1. The lowest BCUT2D eigenvalue weighted by Crippen LogP contribution is -2.00. The first-order valence-corrected chi connectivity index (χ1v) is 7.98. The van der Waals surface area contributed by atoms with E-state index in [0.29, 0.717) is 39.8 Å². The zero-order valence-electron chi connectivity index (χ0n) is 13.0. The number of nitrogen functional groups attached to an aromatic ring is 1. The van der Waals surface area contributed by atoms with Crippen molar-refractivity contribution < 1.29 is 4.39 Å². The largest absolute Gasteiger partial charge is 0.383 e. The van der Waals surface area contributed by atoms with Crippen LogP contribution in [0.1, 0.15) is 5.56 Å². The molecule has 0 spiro atoms. The molecule has 2 N–H and O–H groups in total. The van der Waals surface area contributed by atoms with Crippen LogP contribution in [0, 0.1) is 5.82 Å². The Morgan fingerprint density at radius 2 is 1.80 bits per heavy atom. The van der Waals surface area contributed by atoms with Crippen molar-refractivity contribution >= 4 is 28.5 Å². The molecule has 0 radical (unpaired) electrons. The Morgan fingerprint density at radius 1 is 1.04 bits per heavy atom. The third-order valence-corrected chi connectivity index (χ3v) is 4.22. The Balaban J connectivity index is 1.74.